The van der Waals surface area contributed by atoms with Crippen LogP contribution in [0.4, 0.5) is 0 Å². The summed E-state index contributed by atoms with van der Waals surface area (Å²) in [6.45, 7) is 5.50. The van der Waals surface area contributed by atoms with Crippen LogP contribution in [-0.2, 0) is 21.4 Å². The molecule has 8 nitrogen and oxygen atoms in total. The van der Waals surface area contributed by atoms with Crippen molar-refractivity contribution >= 4 is 21.9 Å². The van der Waals surface area contributed by atoms with Gasteiger partial charge in [-0.3, -0.25) is 4.79 Å². The maximum Gasteiger partial charge on any atom is 0.241 e. The van der Waals surface area contributed by atoms with Crippen molar-refractivity contribution < 1.29 is 13.2 Å². The predicted molar refractivity (Wildman–Crippen MR) is 103 cm³/mol. The number of sulfonamides is 1. The maximum absolute atomic E-state index is 11.7. The maximum atomic E-state index is 11.7. The number of rotatable bonds is 8. The van der Waals surface area contributed by atoms with E-state index < -0.39 is 10.0 Å². The summed E-state index contributed by atoms with van der Waals surface area (Å²) in [4.78, 5) is 17.8. The van der Waals surface area contributed by atoms with Gasteiger partial charge >= 0.3 is 0 Å². The highest BCUT2D eigenvalue weighted by Crippen LogP contribution is 2.09. The standard InChI is InChI=1S/C17H29N5O3S/c1-13(2)9-10-19-17(21-12-16(23)22(3)4)20-11-14-5-7-15(8-6-14)26(18,24)25/h5-8,13H,9-12H2,1-4H3,(H2,18,24,25)(H2,19,20,21). The predicted octanol–water partition coefficient (Wildman–Crippen LogP) is 0.504. The third kappa shape index (κ3) is 8.30. The van der Waals surface area contributed by atoms with Gasteiger partial charge in [-0.2, -0.15) is 0 Å². The minimum atomic E-state index is -3.70. The topological polar surface area (TPSA) is 117 Å². The number of carbonyl (C=O) groups excluding carboxylic acids is 1. The Morgan fingerprint density at radius 2 is 1.81 bits per heavy atom. The molecule has 1 amide bonds. The summed E-state index contributed by atoms with van der Waals surface area (Å²) < 4.78 is 22.6. The van der Waals surface area contributed by atoms with Crippen LogP contribution < -0.4 is 15.8 Å². The molecular weight excluding hydrogens is 354 g/mol. The van der Waals surface area contributed by atoms with Crippen molar-refractivity contribution in [2.75, 3.05) is 27.2 Å². The lowest BCUT2D eigenvalue weighted by Crippen LogP contribution is -2.43. The van der Waals surface area contributed by atoms with E-state index in [0.29, 0.717) is 18.4 Å². The van der Waals surface area contributed by atoms with Gasteiger partial charge < -0.3 is 15.5 Å². The summed E-state index contributed by atoms with van der Waals surface area (Å²) >= 11 is 0. The third-order valence-corrected chi connectivity index (χ3v) is 4.52. The lowest BCUT2D eigenvalue weighted by Gasteiger charge is -2.15. The molecule has 0 aliphatic carbocycles. The smallest absolute Gasteiger partial charge is 0.241 e. The van der Waals surface area contributed by atoms with E-state index >= 15 is 0 Å². The number of carbonyl (C=O) groups is 1. The molecule has 0 fully saturated rings. The lowest BCUT2D eigenvalue weighted by atomic mass is 10.1. The van der Waals surface area contributed by atoms with Gasteiger partial charge in [-0.15, -0.1) is 0 Å². The number of nitrogens with zero attached hydrogens (tertiary/aromatic N) is 2. The Morgan fingerprint density at radius 3 is 2.31 bits per heavy atom. The van der Waals surface area contributed by atoms with E-state index in [-0.39, 0.29) is 17.3 Å². The number of hydrogen-bond donors (Lipinski definition) is 3. The fourth-order valence-electron chi connectivity index (χ4n) is 1.93. The fourth-order valence-corrected chi connectivity index (χ4v) is 2.44. The van der Waals surface area contributed by atoms with Crippen LogP contribution in [0.25, 0.3) is 0 Å². The van der Waals surface area contributed by atoms with Gasteiger partial charge in [-0.1, -0.05) is 26.0 Å². The molecule has 9 heteroatoms. The SMILES string of the molecule is CC(C)CCNC(=NCc1ccc(S(N)(=O)=O)cc1)NCC(=O)N(C)C. The Labute approximate surface area is 155 Å². The highest BCUT2D eigenvalue weighted by atomic mass is 32.2. The van der Waals surface area contributed by atoms with Crippen LogP contribution in [0.5, 0.6) is 0 Å². The quantitative estimate of drug-likeness (QED) is 0.446. The Kier molecular flexibility index (Phi) is 8.53. The van der Waals surface area contributed by atoms with Gasteiger partial charge in [0.25, 0.3) is 0 Å². The highest BCUT2D eigenvalue weighted by Gasteiger charge is 2.08. The number of benzene rings is 1. The summed E-state index contributed by atoms with van der Waals surface area (Å²) in [6, 6.07) is 6.24. The van der Waals surface area contributed by atoms with E-state index in [1.165, 1.54) is 17.0 Å². The summed E-state index contributed by atoms with van der Waals surface area (Å²) in [6.07, 6.45) is 0.978. The molecule has 0 unspecified atom stereocenters. The molecule has 1 aromatic rings. The molecule has 0 aliphatic rings. The van der Waals surface area contributed by atoms with E-state index in [0.717, 1.165) is 18.5 Å². The van der Waals surface area contributed by atoms with Crippen LogP contribution in [0.3, 0.4) is 0 Å². The van der Waals surface area contributed by atoms with E-state index in [1.54, 1.807) is 26.2 Å². The first kappa shape index (κ1) is 21.9. The second-order valence-corrected chi connectivity index (χ2v) is 8.17. The van der Waals surface area contributed by atoms with Crippen molar-refractivity contribution in [2.45, 2.75) is 31.7 Å². The molecule has 1 aromatic carbocycles. The fraction of sp³-hybridized carbons (Fsp3) is 0.529. The number of primary sulfonamides is 1. The summed E-state index contributed by atoms with van der Waals surface area (Å²) in [5.74, 6) is 1.04. The molecule has 0 saturated heterocycles. The van der Waals surface area contributed by atoms with Crippen LogP contribution in [0.1, 0.15) is 25.8 Å². The largest absolute Gasteiger partial charge is 0.356 e. The van der Waals surface area contributed by atoms with Gasteiger partial charge in [0.15, 0.2) is 5.96 Å². The molecule has 146 valence electrons. The molecule has 0 bridgehead atoms. The number of nitrogens with two attached hydrogens (primary N) is 1. The molecule has 4 N–H and O–H groups in total. The van der Waals surface area contributed by atoms with E-state index in [4.69, 9.17) is 5.14 Å². The average molecular weight is 384 g/mol. The Bertz CT molecular complexity index is 712. The molecule has 0 saturated carbocycles. The Balaban J connectivity index is 2.75. The van der Waals surface area contributed by atoms with Crippen molar-refractivity contribution in [3.05, 3.63) is 29.8 Å². The second kappa shape index (κ2) is 10.1. The van der Waals surface area contributed by atoms with Gasteiger partial charge in [0.05, 0.1) is 18.0 Å². The first-order valence-corrected chi connectivity index (χ1v) is 9.98. The van der Waals surface area contributed by atoms with Crippen LogP contribution in [-0.4, -0.2) is 52.4 Å². The minimum Gasteiger partial charge on any atom is -0.356 e. The summed E-state index contributed by atoms with van der Waals surface area (Å²) in [7, 11) is -0.311. The van der Waals surface area contributed by atoms with Crippen LogP contribution >= 0.6 is 0 Å². The number of hydrogen-bond acceptors (Lipinski definition) is 4. The van der Waals surface area contributed by atoms with E-state index in [2.05, 4.69) is 29.5 Å². The van der Waals surface area contributed by atoms with Crippen LogP contribution in [0, 0.1) is 5.92 Å². The Hall–Kier alpha value is -2.13. The van der Waals surface area contributed by atoms with Gasteiger partial charge in [0.1, 0.15) is 0 Å². The molecule has 0 radical (unpaired) electrons. The van der Waals surface area contributed by atoms with E-state index in [1.807, 2.05) is 0 Å². The Morgan fingerprint density at radius 1 is 1.19 bits per heavy atom. The molecule has 0 aromatic heterocycles. The zero-order valence-corrected chi connectivity index (χ0v) is 16.6. The number of amides is 1. The van der Waals surface area contributed by atoms with Gasteiger partial charge in [-0.25, -0.2) is 18.5 Å². The molecule has 1 rings (SSSR count). The molecular formula is C17H29N5O3S. The zero-order valence-electron chi connectivity index (χ0n) is 15.8. The van der Waals surface area contributed by atoms with Crippen molar-refractivity contribution in [1.29, 1.82) is 0 Å². The second-order valence-electron chi connectivity index (χ2n) is 6.60. The summed E-state index contributed by atoms with van der Waals surface area (Å²) in [5.41, 5.74) is 0.835. The number of likely N-dealkylation sites (N-methyl/N-ethyl adjacent to an activating group) is 1. The number of nitrogens with one attached hydrogen (secondary N) is 2. The molecule has 0 spiro atoms. The average Bonchev–Trinajstić information content (AvgIpc) is 2.55. The van der Waals surface area contributed by atoms with Crippen molar-refractivity contribution in [3.8, 4) is 0 Å². The van der Waals surface area contributed by atoms with Gasteiger partial charge in [-0.05, 0) is 30.0 Å². The van der Waals surface area contributed by atoms with Gasteiger partial charge in [0.2, 0.25) is 15.9 Å². The lowest BCUT2D eigenvalue weighted by molar-refractivity contribution is -0.127. The molecule has 0 heterocycles. The number of guanidine groups is 1. The third-order valence-electron chi connectivity index (χ3n) is 3.59. The van der Waals surface area contributed by atoms with Crippen LogP contribution in [0.15, 0.2) is 34.2 Å². The minimum absolute atomic E-state index is 0.0548. The molecule has 26 heavy (non-hydrogen) atoms. The van der Waals surface area contributed by atoms with E-state index in [9.17, 15) is 13.2 Å². The molecule has 0 atom stereocenters. The molecule has 0 aliphatic heterocycles. The first-order valence-electron chi connectivity index (χ1n) is 8.43. The van der Waals surface area contributed by atoms with Crippen molar-refractivity contribution in [3.63, 3.8) is 0 Å². The van der Waals surface area contributed by atoms with Gasteiger partial charge in [0, 0.05) is 20.6 Å². The van der Waals surface area contributed by atoms with Crippen LogP contribution in [0.2, 0.25) is 0 Å². The highest BCUT2D eigenvalue weighted by molar-refractivity contribution is 7.89. The first-order chi connectivity index (χ1) is 12.1. The monoisotopic (exact) mass is 383 g/mol. The summed E-state index contributed by atoms with van der Waals surface area (Å²) in [5, 5.41) is 11.3. The number of aliphatic imine (C=N–C) groups is 1. The van der Waals surface area contributed by atoms with Crippen molar-refractivity contribution in [1.82, 2.24) is 15.5 Å². The zero-order chi connectivity index (χ0) is 19.7. The van der Waals surface area contributed by atoms with Crippen molar-refractivity contribution in [2.24, 2.45) is 16.0 Å². The normalized spacial score (nSPS) is 12.2.